The van der Waals surface area contributed by atoms with Gasteiger partial charge >= 0.3 is 12.1 Å². The summed E-state index contributed by atoms with van der Waals surface area (Å²) in [5, 5.41) is 2.79. The van der Waals surface area contributed by atoms with Gasteiger partial charge in [0.2, 0.25) is 0 Å². The summed E-state index contributed by atoms with van der Waals surface area (Å²) in [6, 6.07) is 0. The van der Waals surface area contributed by atoms with Crippen LogP contribution in [-0.4, -0.2) is 30.8 Å². The monoisotopic (exact) mass is 343 g/mol. The number of unbranched alkanes of at least 4 members (excludes halogenated alkanes) is 4. The van der Waals surface area contributed by atoms with Gasteiger partial charge in [-0.05, 0) is 38.5 Å². The van der Waals surface area contributed by atoms with Crippen LogP contribution < -0.4 is 5.32 Å². The lowest BCUT2D eigenvalue weighted by Gasteiger charge is -2.14. The fraction of sp³-hybridized carbons (Fsp3) is 0.895. The molecule has 0 fully saturated rings. The number of esters is 1. The van der Waals surface area contributed by atoms with Gasteiger partial charge in [0, 0.05) is 13.0 Å². The van der Waals surface area contributed by atoms with Gasteiger partial charge in [-0.15, -0.1) is 0 Å². The van der Waals surface area contributed by atoms with Crippen LogP contribution >= 0.6 is 0 Å². The highest BCUT2D eigenvalue weighted by Crippen LogP contribution is 2.09. The van der Waals surface area contributed by atoms with Gasteiger partial charge in [0.1, 0.15) is 12.2 Å². The van der Waals surface area contributed by atoms with Gasteiger partial charge in [-0.1, -0.05) is 47.0 Å². The van der Waals surface area contributed by atoms with Crippen molar-refractivity contribution in [2.24, 2.45) is 0 Å². The highest BCUT2D eigenvalue weighted by molar-refractivity contribution is 5.69. The predicted octanol–water partition coefficient (Wildman–Crippen LogP) is 4.97. The molecule has 0 radical (unpaired) electrons. The molecule has 0 aliphatic heterocycles. The molecular weight excluding hydrogens is 306 g/mol. The molecule has 5 nitrogen and oxygen atoms in total. The van der Waals surface area contributed by atoms with Crippen molar-refractivity contribution in [2.45, 2.75) is 104 Å². The summed E-state index contributed by atoms with van der Waals surface area (Å²) in [4.78, 5) is 23.2. The molecule has 0 saturated carbocycles. The summed E-state index contributed by atoms with van der Waals surface area (Å²) in [5.74, 6) is -0.0745. The van der Waals surface area contributed by atoms with Gasteiger partial charge < -0.3 is 14.8 Å². The van der Waals surface area contributed by atoms with E-state index in [9.17, 15) is 9.59 Å². The molecule has 24 heavy (non-hydrogen) atoms. The molecule has 0 aromatic heterocycles. The zero-order chi connectivity index (χ0) is 18.2. The summed E-state index contributed by atoms with van der Waals surface area (Å²) in [7, 11) is 0. The van der Waals surface area contributed by atoms with Crippen LogP contribution in [0.5, 0.6) is 0 Å². The second-order valence-electron chi connectivity index (χ2n) is 6.22. The molecular formula is C19H37NO4. The van der Waals surface area contributed by atoms with Crippen LogP contribution in [0.3, 0.4) is 0 Å². The number of ether oxygens (including phenoxy) is 2. The number of carbonyl (C=O) groups excluding carboxylic acids is 2. The number of hydrogen-bond acceptors (Lipinski definition) is 4. The second kappa shape index (κ2) is 15.3. The molecule has 0 unspecified atom stereocenters. The van der Waals surface area contributed by atoms with E-state index in [0.717, 1.165) is 57.8 Å². The van der Waals surface area contributed by atoms with E-state index < -0.39 is 0 Å². The molecule has 0 bridgehead atoms. The predicted molar refractivity (Wildman–Crippen MR) is 97.0 cm³/mol. The SMILES string of the molecule is CCC(CC)OC(=O)CCCCCCCNC(=O)OC(CC)CC. The molecule has 0 aliphatic rings. The third-order valence-electron chi connectivity index (χ3n) is 4.22. The minimum absolute atomic E-state index is 0.0183. The number of nitrogens with one attached hydrogen (secondary N) is 1. The summed E-state index contributed by atoms with van der Waals surface area (Å²) < 4.78 is 10.6. The topological polar surface area (TPSA) is 64.6 Å². The van der Waals surface area contributed by atoms with E-state index in [2.05, 4.69) is 5.32 Å². The van der Waals surface area contributed by atoms with Crippen LogP contribution in [0.25, 0.3) is 0 Å². The minimum Gasteiger partial charge on any atom is -0.462 e. The van der Waals surface area contributed by atoms with Crippen LogP contribution in [0.15, 0.2) is 0 Å². The Labute approximate surface area is 147 Å². The van der Waals surface area contributed by atoms with E-state index >= 15 is 0 Å². The maximum Gasteiger partial charge on any atom is 0.407 e. The van der Waals surface area contributed by atoms with Crippen molar-refractivity contribution in [3.8, 4) is 0 Å². The molecule has 0 heterocycles. The minimum atomic E-state index is -0.312. The van der Waals surface area contributed by atoms with Crippen molar-refractivity contribution in [1.29, 1.82) is 0 Å². The van der Waals surface area contributed by atoms with Gasteiger partial charge in [0.15, 0.2) is 0 Å². The molecule has 0 aliphatic carbocycles. The van der Waals surface area contributed by atoms with Gasteiger partial charge in [-0.3, -0.25) is 4.79 Å². The van der Waals surface area contributed by atoms with Gasteiger partial charge in [0.25, 0.3) is 0 Å². The number of carbonyl (C=O) groups is 2. The first-order chi connectivity index (χ1) is 11.6. The molecule has 0 aromatic carbocycles. The molecule has 1 N–H and O–H groups in total. The normalized spacial score (nSPS) is 10.9. The van der Waals surface area contributed by atoms with Crippen molar-refractivity contribution in [2.75, 3.05) is 6.54 Å². The Bertz CT molecular complexity index is 293. The number of amides is 1. The number of hydrogen-bond donors (Lipinski definition) is 1. The number of alkyl carbamates (subject to hydrolysis) is 1. The van der Waals surface area contributed by atoms with Crippen LogP contribution in [0, 0.1) is 0 Å². The highest BCUT2D eigenvalue weighted by Gasteiger charge is 2.10. The Morgan fingerprint density at radius 1 is 0.750 bits per heavy atom. The Morgan fingerprint density at radius 2 is 1.25 bits per heavy atom. The first-order valence-electron chi connectivity index (χ1n) is 9.71. The van der Waals surface area contributed by atoms with Crippen LogP contribution in [0.4, 0.5) is 4.79 Å². The average Bonchev–Trinajstić information content (AvgIpc) is 2.59. The summed E-state index contributed by atoms with van der Waals surface area (Å²) in [6.07, 6.45) is 8.72. The van der Waals surface area contributed by atoms with Crippen molar-refractivity contribution in [3.05, 3.63) is 0 Å². The lowest BCUT2D eigenvalue weighted by atomic mass is 10.1. The van der Waals surface area contributed by atoms with E-state index in [4.69, 9.17) is 9.47 Å². The van der Waals surface area contributed by atoms with Crippen LogP contribution in [0.1, 0.15) is 91.9 Å². The van der Waals surface area contributed by atoms with E-state index in [1.807, 2.05) is 27.7 Å². The molecule has 0 saturated heterocycles. The average molecular weight is 344 g/mol. The van der Waals surface area contributed by atoms with E-state index in [1.54, 1.807) is 0 Å². The second-order valence-corrected chi connectivity index (χ2v) is 6.22. The molecule has 5 heteroatoms. The largest absolute Gasteiger partial charge is 0.462 e. The smallest absolute Gasteiger partial charge is 0.407 e. The van der Waals surface area contributed by atoms with Gasteiger partial charge in [-0.2, -0.15) is 0 Å². The third kappa shape index (κ3) is 12.2. The lowest BCUT2D eigenvalue weighted by molar-refractivity contribution is -0.149. The van der Waals surface area contributed by atoms with E-state index in [1.165, 1.54) is 0 Å². The summed E-state index contributed by atoms with van der Waals surface area (Å²) in [6.45, 7) is 8.76. The Balaban J connectivity index is 3.48. The fourth-order valence-corrected chi connectivity index (χ4v) is 2.46. The quantitative estimate of drug-likeness (QED) is 0.357. The fourth-order valence-electron chi connectivity index (χ4n) is 2.46. The lowest BCUT2D eigenvalue weighted by Crippen LogP contribution is -2.29. The van der Waals surface area contributed by atoms with Gasteiger partial charge in [-0.25, -0.2) is 4.79 Å². The van der Waals surface area contributed by atoms with E-state index in [-0.39, 0.29) is 24.3 Å². The zero-order valence-corrected chi connectivity index (χ0v) is 16.1. The molecule has 0 spiro atoms. The van der Waals surface area contributed by atoms with Crippen molar-refractivity contribution in [1.82, 2.24) is 5.32 Å². The first kappa shape index (κ1) is 22.7. The summed E-state index contributed by atoms with van der Waals surface area (Å²) in [5.41, 5.74) is 0. The molecule has 0 atom stereocenters. The standard InChI is InChI=1S/C19H37NO4/c1-5-16(6-2)23-18(21)14-12-10-9-11-13-15-20-19(22)24-17(7-3)8-4/h16-17H,5-15H2,1-4H3,(H,20,22). The summed E-state index contributed by atoms with van der Waals surface area (Å²) >= 11 is 0. The van der Waals surface area contributed by atoms with Crippen LogP contribution in [0.2, 0.25) is 0 Å². The van der Waals surface area contributed by atoms with E-state index in [0.29, 0.717) is 13.0 Å². The van der Waals surface area contributed by atoms with Crippen molar-refractivity contribution >= 4 is 12.1 Å². The maximum atomic E-state index is 11.6. The first-order valence-corrected chi connectivity index (χ1v) is 9.71. The highest BCUT2D eigenvalue weighted by atomic mass is 16.6. The molecule has 1 amide bonds. The van der Waals surface area contributed by atoms with Crippen molar-refractivity contribution < 1.29 is 19.1 Å². The van der Waals surface area contributed by atoms with Gasteiger partial charge in [0.05, 0.1) is 0 Å². The molecule has 0 aromatic rings. The Kier molecular flexibility index (Phi) is 14.5. The van der Waals surface area contributed by atoms with Crippen molar-refractivity contribution in [3.63, 3.8) is 0 Å². The maximum absolute atomic E-state index is 11.6. The molecule has 0 rings (SSSR count). The zero-order valence-electron chi connectivity index (χ0n) is 16.1. The van der Waals surface area contributed by atoms with Crippen LogP contribution in [-0.2, 0) is 14.3 Å². The Morgan fingerprint density at radius 3 is 1.83 bits per heavy atom. The Hall–Kier alpha value is -1.26. The third-order valence-corrected chi connectivity index (χ3v) is 4.22. The molecule has 142 valence electrons. The number of rotatable bonds is 14.